The number of benzene rings is 1. The van der Waals surface area contributed by atoms with Crippen LogP contribution in [0.2, 0.25) is 0 Å². The lowest BCUT2D eigenvalue weighted by molar-refractivity contribution is -0.895. The number of piperazine rings is 1. The van der Waals surface area contributed by atoms with Crippen molar-refractivity contribution in [3.63, 3.8) is 0 Å². The molecule has 0 unspecified atom stereocenters. The first-order valence-electron chi connectivity index (χ1n) is 8.23. The Bertz CT molecular complexity index is 758. The van der Waals surface area contributed by atoms with Gasteiger partial charge in [0.25, 0.3) is 5.91 Å². The van der Waals surface area contributed by atoms with Gasteiger partial charge in [0.05, 0.1) is 31.1 Å². The van der Waals surface area contributed by atoms with E-state index in [0.717, 1.165) is 16.0 Å². The third kappa shape index (κ3) is 5.42. The summed E-state index contributed by atoms with van der Waals surface area (Å²) in [5, 5.41) is 1.83. The number of halogens is 3. The average Bonchev–Trinajstić information content (AvgIpc) is 2.55. The second-order valence-corrected chi connectivity index (χ2v) is 8.41. The molecule has 2 rings (SSSR count). The molecule has 0 radical (unpaired) electrons. The molecule has 1 heterocycles. The van der Waals surface area contributed by atoms with Crippen molar-refractivity contribution in [2.45, 2.75) is 24.9 Å². The Labute approximate surface area is 151 Å². The van der Waals surface area contributed by atoms with Gasteiger partial charge in [-0.05, 0) is 37.1 Å². The predicted molar refractivity (Wildman–Crippen MR) is 89.3 cm³/mol. The number of nitrogens with one attached hydrogen (secondary N) is 2. The monoisotopic (exact) mass is 394 g/mol. The highest BCUT2D eigenvalue weighted by molar-refractivity contribution is 7.89. The summed E-state index contributed by atoms with van der Waals surface area (Å²) in [6.45, 7) is 3.45. The van der Waals surface area contributed by atoms with Crippen LogP contribution in [0.25, 0.3) is 0 Å². The van der Waals surface area contributed by atoms with E-state index in [1.54, 1.807) is 18.2 Å². The first-order valence-corrected chi connectivity index (χ1v) is 9.67. The molecule has 0 bridgehead atoms. The van der Waals surface area contributed by atoms with Gasteiger partial charge in [0.1, 0.15) is 6.54 Å². The van der Waals surface area contributed by atoms with Crippen LogP contribution < -0.4 is 10.2 Å². The molecule has 0 saturated carbocycles. The predicted octanol–water partition coefficient (Wildman–Crippen LogP) is -0.129. The van der Waals surface area contributed by atoms with E-state index in [1.807, 2.05) is 19.2 Å². The van der Waals surface area contributed by atoms with E-state index in [-0.39, 0.29) is 24.5 Å². The molecule has 1 aliphatic heterocycles. The van der Waals surface area contributed by atoms with Crippen molar-refractivity contribution in [1.29, 1.82) is 0 Å². The summed E-state index contributed by atoms with van der Waals surface area (Å²) < 4.78 is 63.1. The Morgan fingerprint density at radius 1 is 1.19 bits per heavy atom. The van der Waals surface area contributed by atoms with Gasteiger partial charge in [-0.1, -0.05) is 6.07 Å². The maximum Gasteiger partial charge on any atom is 0.405 e. The number of hydrogen-bond acceptors (Lipinski definition) is 3. The molecular weight excluding hydrogens is 371 g/mol. The Kier molecular flexibility index (Phi) is 6.30. The fraction of sp³-hybridized carbons (Fsp3) is 0.562. The molecule has 0 aromatic heterocycles. The van der Waals surface area contributed by atoms with Crippen molar-refractivity contribution in [3.05, 3.63) is 29.3 Å². The number of alkyl halides is 3. The summed E-state index contributed by atoms with van der Waals surface area (Å²) in [6, 6.07) is 4.96. The van der Waals surface area contributed by atoms with Crippen LogP contribution >= 0.6 is 0 Å². The fourth-order valence-electron chi connectivity index (χ4n) is 2.73. The van der Waals surface area contributed by atoms with Gasteiger partial charge in [-0.2, -0.15) is 17.5 Å². The SMILES string of the molecule is Cc1ccc(S(=O)(=O)N2CC[NH+](CC(=O)NCC(F)(F)F)CC2)cc1C. The van der Waals surface area contributed by atoms with Crippen molar-refractivity contribution in [3.8, 4) is 0 Å². The average molecular weight is 394 g/mol. The van der Waals surface area contributed by atoms with Crippen LogP contribution in [0.15, 0.2) is 23.1 Å². The van der Waals surface area contributed by atoms with Gasteiger partial charge in [-0.3, -0.25) is 4.79 Å². The smallest absolute Gasteiger partial charge is 0.342 e. The highest BCUT2D eigenvalue weighted by Gasteiger charge is 2.32. The quantitative estimate of drug-likeness (QED) is 0.731. The summed E-state index contributed by atoms with van der Waals surface area (Å²) >= 11 is 0. The van der Waals surface area contributed by atoms with Crippen molar-refractivity contribution in [2.24, 2.45) is 0 Å². The lowest BCUT2D eigenvalue weighted by Gasteiger charge is -2.31. The van der Waals surface area contributed by atoms with E-state index in [1.165, 1.54) is 4.31 Å². The lowest BCUT2D eigenvalue weighted by Crippen LogP contribution is -3.15. The summed E-state index contributed by atoms with van der Waals surface area (Å²) in [5.74, 6) is -0.692. The van der Waals surface area contributed by atoms with Gasteiger partial charge in [0.2, 0.25) is 10.0 Å². The Balaban J connectivity index is 1.91. The van der Waals surface area contributed by atoms with E-state index < -0.39 is 28.7 Å². The Hall–Kier alpha value is -1.65. The zero-order valence-electron chi connectivity index (χ0n) is 14.7. The third-order valence-electron chi connectivity index (χ3n) is 4.44. The van der Waals surface area contributed by atoms with Crippen LogP contribution in [-0.2, 0) is 14.8 Å². The number of nitrogens with zero attached hydrogens (tertiary/aromatic N) is 1. The summed E-state index contributed by atoms with van der Waals surface area (Å²) in [7, 11) is -3.61. The molecule has 1 fully saturated rings. The van der Waals surface area contributed by atoms with Gasteiger partial charge in [0.15, 0.2) is 6.54 Å². The first kappa shape index (κ1) is 20.7. The fourth-order valence-corrected chi connectivity index (χ4v) is 4.26. The number of amides is 1. The molecule has 26 heavy (non-hydrogen) atoms. The first-order chi connectivity index (χ1) is 12.0. The molecule has 1 aliphatic rings. The molecule has 146 valence electrons. The number of quaternary nitrogens is 1. The normalized spacial score (nSPS) is 17.3. The number of hydrogen-bond donors (Lipinski definition) is 2. The molecule has 1 aromatic rings. The van der Waals surface area contributed by atoms with Crippen LogP contribution in [0.5, 0.6) is 0 Å². The van der Waals surface area contributed by atoms with E-state index >= 15 is 0 Å². The Morgan fingerprint density at radius 2 is 1.81 bits per heavy atom. The molecule has 0 aliphatic carbocycles. The molecule has 0 atom stereocenters. The number of carbonyl (C=O) groups excluding carboxylic acids is 1. The maximum atomic E-state index is 12.7. The number of carbonyl (C=O) groups is 1. The number of sulfonamides is 1. The van der Waals surface area contributed by atoms with Crippen LogP contribution in [0, 0.1) is 13.8 Å². The molecule has 1 saturated heterocycles. The molecule has 6 nitrogen and oxygen atoms in total. The van der Waals surface area contributed by atoms with Crippen molar-refractivity contribution in [2.75, 3.05) is 39.3 Å². The third-order valence-corrected chi connectivity index (χ3v) is 6.34. The summed E-state index contributed by atoms with van der Waals surface area (Å²) in [5.41, 5.74) is 1.89. The minimum atomic E-state index is -4.44. The van der Waals surface area contributed by atoms with E-state index in [2.05, 4.69) is 0 Å². The van der Waals surface area contributed by atoms with E-state index in [0.29, 0.717) is 13.1 Å². The largest absolute Gasteiger partial charge is 0.405 e. The number of aryl methyl sites for hydroxylation is 2. The zero-order valence-corrected chi connectivity index (χ0v) is 15.5. The second kappa shape index (κ2) is 7.93. The number of rotatable bonds is 5. The molecule has 0 spiro atoms. The van der Waals surface area contributed by atoms with Gasteiger partial charge < -0.3 is 10.2 Å². The van der Waals surface area contributed by atoms with E-state index in [9.17, 15) is 26.4 Å². The lowest BCUT2D eigenvalue weighted by atomic mass is 10.1. The van der Waals surface area contributed by atoms with Gasteiger partial charge in [-0.25, -0.2) is 8.42 Å². The maximum absolute atomic E-state index is 12.7. The zero-order chi connectivity index (χ0) is 19.5. The van der Waals surface area contributed by atoms with Crippen LogP contribution in [0.1, 0.15) is 11.1 Å². The van der Waals surface area contributed by atoms with Crippen LogP contribution in [0.3, 0.4) is 0 Å². The Morgan fingerprint density at radius 3 is 2.35 bits per heavy atom. The standard InChI is InChI=1S/C16H22F3N3O3S/c1-12-3-4-14(9-13(12)2)26(24,25)22-7-5-21(6-8-22)10-15(23)20-11-16(17,18)19/h3-4,9H,5-8,10-11H2,1-2H3,(H,20,23)/p+1. The van der Waals surface area contributed by atoms with Crippen LogP contribution in [0.4, 0.5) is 13.2 Å². The molecule has 1 aromatic carbocycles. The molecule has 2 N–H and O–H groups in total. The topological polar surface area (TPSA) is 70.9 Å². The molecule has 1 amide bonds. The van der Waals surface area contributed by atoms with E-state index in [4.69, 9.17) is 0 Å². The summed E-state index contributed by atoms with van der Waals surface area (Å²) in [6.07, 6.45) is -4.44. The molecular formula is C16H23F3N3O3S+. The molecule has 10 heteroatoms. The van der Waals surface area contributed by atoms with Gasteiger partial charge >= 0.3 is 6.18 Å². The van der Waals surface area contributed by atoms with Crippen molar-refractivity contribution in [1.82, 2.24) is 9.62 Å². The minimum absolute atomic E-state index is 0.104. The van der Waals surface area contributed by atoms with Crippen molar-refractivity contribution >= 4 is 15.9 Å². The summed E-state index contributed by atoms with van der Waals surface area (Å²) in [4.78, 5) is 12.6. The van der Waals surface area contributed by atoms with Gasteiger partial charge in [-0.15, -0.1) is 0 Å². The highest BCUT2D eigenvalue weighted by atomic mass is 32.2. The second-order valence-electron chi connectivity index (χ2n) is 6.47. The minimum Gasteiger partial charge on any atom is -0.342 e. The highest BCUT2D eigenvalue weighted by Crippen LogP contribution is 2.19. The van der Waals surface area contributed by atoms with Crippen LogP contribution in [-0.4, -0.2) is 64.1 Å². The van der Waals surface area contributed by atoms with Crippen molar-refractivity contribution < 1.29 is 31.3 Å². The van der Waals surface area contributed by atoms with Gasteiger partial charge in [0, 0.05) is 0 Å².